The second kappa shape index (κ2) is 5.61. The summed E-state index contributed by atoms with van der Waals surface area (Å²) in [5, 5.41) is 2.94. The van der Waals surface area contributed by atoms with Gasteiger partial charge in [-0.1, -0.05) is 0 Å². The predicted octanol–water partition coefficient (Wildman–Crippen LogP) is 2.13. The first kappa shape index (κ1) is 15.2. The van der Waals surface area contributed by atoms with E-state index in [1.165, 1.54) is 0 Å². The van der Waals surface area contributed by atoms with Crippen LogP contribution in [0.3, 0.4) is 0 Å². The number of aryl methyl sites for hydroxylation is 1. The molecule has 1 spiro atoms. The van der Waals surface area contributed by atoms with E-state index in [1.54, 1.807) is 0 Å². The summed E-state index contributed by atoms with van der Waals surface area (Å²) in [6, 6.07) is 4.02. The Morgan fingerprint density at radius 1 is 1.46 bits per heavy atom. The highest BCUT2D eigenvalue weighted by atomic mass is 16.6. The summed E-state index contributed by atoms with van der Waals surface area (Å²) in [6.07, 6.45) is 7.69. The number of esters is 1. The molecule has 1 unspecified atom stereocenters. The van der Waals surface area contributed by atoms with E-state index in [-0.39, 0.29) is 24.2 Å². The first-order valence-corrected chi connectivity index (χ1v) is 8.50. The largest absolute Gasteiger partial charge is 0.458 e. The Labute approximate surface area is 140 Å². The van der Waals surface area contributed by atoms with Crippen molar-refractivity contribution < 1.29 is 14.3 Å². The zero-order valence-corrected chi connectivity index (χ0v) is 13.7. The molecule has 1 N–H and O–H groups in total. The number of amides is 1. The fraction of sp³-hybridized carbons (Fsp3) is 0.500. The van der Waals surface area contributed by atoms with Gasteiger partial charge in [-0.25, -0.2) is 4.98 Å². The maximum atomic E-state index is 12.6. The molecule has 0 bridgehead atoms. The SMILES string of the molecule is Cc1ccn2cc(CNC(=O)C3CC(=O)OC34CCCC4)nc2c1. The van der Waals surface area contributed by atoms with E-state index >= 15 is 0 Å². The lowest BCUT2D eigenvalue weighted by Gasteiger charge is -2.27. The number of ether oxygens (including phenoxy) is 1. The van der Waals surface area contributed by atoms with Crippen molar-refractivity contribution in [2.24, 2.45) is 5.92 Å². The number of nitrogens with zero attached hydrogens (tertiary/aromatic N) is 2. The third-order valence-electron chi connectivity index (χ3n) is 5.20. The van der Waals surface area contributed by atoms with Crippen LogP contribution in [-0.4, -0.2) is 26.9 Å². The minimum atomic E-state index is -0.558. The number of nitrogens with one attached hydrogen (secondary N) is 1. The van der Waals surface area contributed by atoms with Crippen LogP contribution < -0.4 is 5.32 Å². The lowest BCUT2D eigenvalue weighted by atomic mass is 9.85. The van der Waals surface area contributed by atoms with Crippen molar-refractivity contribution in [2.75, 3.05) is 0 Å². The molecule has 1 aliphatic heterocycles. The van der Waals surface area contributed by atoms with Crippen LogP contribution in [0.2, 0.25) is 0 Å². The Bertz CT molecular complexity index is 805. The van der Waals surface area contributed by atoms with Crippen molar-refractivity contribution in [1.29, 1.82) is 0 Å². The molecule has 4 rings (SSSR count). The molecule has 2 aromatic heterocycles. The molecule has 2 fully saturated rings. The lowest BCUT2D eigenvalue weighted by molar-refractivity contribution is -0.149. The van der Waals surface area contributed by atoms with Gasteiger partial charge in [-0.05, 0) is 50.3 Å². The van der Waals surface area contributed by atoms with Gasteiger partial charge in [0.2, 0.25) is 5.91 Å². The topological polar surface area (TPSA) is 72.7 Å². The number of hydrogen-bond acceptors (Lipinski definition) is 4. The number of aromatic nitrogens is 2. The van der Waals surface area contributed by atoms with Gasteiger partial charge in [-0.3, -0.25) is 9.59 Å². The fourth-order valence-electron chi connectivity index (χ4n) is 3.97. The molecule has 24 heavy (non-hydrogen) atoms. The van der Waals surface area contributed by atoms with Crippen LogP contribution in [-0.2, 0) is 20.9 Å². The van der Waals surface area contributed by atoms with Crippen LogP contribution >= 0.6 is 0 Å². The van der Waals surface area contributed by atoms with Gasteiger partial charge in [0.25, 0.3) is 0 Å². The number of pyridine rings is 1. The summed E-state index contributed by atoms with van der Waals surface area (Å²) in [7, 11) is 0. The van der Waals surface area contributed by atoms with Crippen LogP contribution in [0.1, 0.15) is 43.4 Å². The fourth-order valence-corrected chi connectivity index (χ4v) is 3.97. The molecular weight excluding hydrogens is 306 g/mol. The molecule has 1 atom stereocenters. The van der Waals surface area contributed by atoms with E-state index in [1.807, 2.05) is 35.9 Å². The highest BCUT2D eigenvalue weighted by Crippen LogP contribution is 2.45. The van der Waals surface area contributed by atoms with Crippen molar-refractivity contribution in [3.05, 3.63) is 35.8 Å². The number of carbonyl (C=O) groups excluding carboxylic acids is 2. The van der Waals surface area contributed by atoms with Gasteiger partial charge >= 0.3 is 5.97 Å². The third-order valence-corrected chi connectivity index (χ3v) is 5.20. The van der Waals surface area contributed by atoms with Crippen LogP contribution in [0.5, 0.6) is 0 Å². The minimum absolute atomic E-state index is 0.101. The van der Waals surface area contributed by atoms with Crippen LogP contribution in [0, 0.1) is 12.8 Å². The van der Waals surface area contributed by atoms with Crippen molar-refractivity contribution >= 4 is 17.5 Å². The second-order valence-corrected chi connectivity index (χ2v) is 6.92. The average Bonchev–Trinajstić information content (AvgIpc) is 3.24. The van der Waals surface area contributed by atoms with Gasteiger partial charge in [0, 0.05) is 12.4 Å². The molecule has 1 aliphatic carbocycles. The molecule has 0 radical (unpaired) electrons. The Morgan fingerprint density at radius 2 is 2.25 bits per heavy atom. The molecule has 1 saturated carbocycles. The van der Waals surface area contributed by atoms with Gasteiger partial charge in [-0.15, -0.1) is 0 Å². The summed E-state index contributed by atoms with van der Waals surface area (Å²) in [4.78, 5) is 28.9. The number of fused-ring (bicyclic) bond motifs is 1. The summed E-state index contributed by atoms with van der Waals surface area (Å²) in [5.41, 5.74) is 2.26. The smallest absolute Gasteiger partial charge is 0.307 e. The van der Waals surface area contributed by atoms with E-state index in [9.17, 15) is 9.59 Å². The first-order valence-electron chi connectivity index (χ1n) is 8.50. The van der Waals surface area contributed by atoms with Crippen LogP contribution in [0.15, 0.2) is 24.5 Å². The van der Waals surface area contributed by atoms with Crippen LogP contribution in [0.25, 0.3) is 5.65 Å². The van der Waals surface area contributed by atoms with E-state index in [2.05, 4.69) is 10.3 Å². The third kappa shape index (κ3) is 2.56. The molecule has 1 saturated heterocycles. The van der Waals surface area contributed by atoms with Gasteiger partial charge in [0.05, 0.1) is 24.6 Å². The van der Waals surface area contributed by atoms with E-state index in [4.69, 9.17) is 4.74 Å². The molecule has 1 amide bonds. The predicted molar refractivity (Wildman–Crippen MR) is 87.2 cm³/mol. The summed E-state index contributed by atoms with van der Waals surface area (Å²) < 4.78 is 7.48. The Kier molecular flexibility index (Phi) is 3.55. The Hall–Kier alpha value is -2.37. The highest BCUT2D eigenvalue weighted by Gasteiger charge is 2.53. The van der Waals surface area contributed by atoms with Gasteiger partial charge < -0.3 is 14.5 Å². The second-order valence-electron chi connectivity index (χ2n) is 6.92. The van der Waals surface area contributed by atoms with Gasteiger partial charge in [0.1, 0.15) is 11.2 Å². The number of rotatable bonds is 3. The van der Waals surface area contributed by atoms with Crippen molar-refractivity contribution in [1.82, 2.24) is 14.7 Å². The molecule has 2 aliphatic rings. The average molecular weight is 327 g/mol. The molecular formula is C18H21N3O3. The number of hydrogen-bond donors (Lipinski definition) is 1. The van der Waals surface area contributed by atoms with Gasteiger partial charge in [0.15, 0.2) is 0 Å². The molecule has 6 nitrogen and oxygen atoms in total. The zero-order valence-electron chi connectivity index (χ0n) is 13.7. The summed E-state index contributed by atoms with van der Waals surface area (Å²) >= 11 is 0. The maximum Gasteiger partial charge on any atom is 0.307 e. The van der Waals surface area contributed by atoms with Crippen molar-refractivity contribution in [2.45, 2.75) is 51.2 Å². The van der Waals surface area contributed by atoms with Crippen LogP contribution in [0.4, 0.5) is 0 Å². The summed E-state index contributed by atoms with van der Waals surface area (Å²) in [6.45, 7) is 2.38. The van der Waals surface area contributed by atoms with Crippen molar-refractivity contribution in [3.8, 4) is 0 Å². The summed E-state index contributed by atoms with van der Waals surface area (Å²) in [5.74, 6) is -0.719. The molecule has 6 heteroatoms. The quantitative estimate of drug-likeness (QED) is 0.877. The zero-order chi connectivity index (χ0) is 16.7. The molecule has 0 aromatic carbocycles. The van der Waals surface area contributed by atoms with E-state index in [0.717, 1.165) is 42.6 Å². The highest BCUT2D eigenvalue weighted by molar-refractivity contribution is 5.87. The first-order chi connectivity index (χ1) is 11.6. The molecule has 126 valence electrons. The molecule has 2 aromatic rings. The normalized spacial score (nSPS) is 22.2. The number of carbonyl (C=O) groups is 2. The van der Waals surface area contributed by atoms with E-state index < -0.39 is 5.60 Å². The Morgan fingerprint density at radius 3 is 3.04 bits per heavy atom. The molecule has 3 heterocycles. The van der Waals surface area contributed by atoms with Gasteiger partial charge in [-0.2, -0.15) is 0 Å². The number of imidazole rings is 1. The maximum absolute atomic E-state index is 12.6. The van der Waals surface area contributed by atoms with E-state index in [0.29, 0.717) is 6.54 Å². The monoisotopic (exact) mass is 327 g/mol. The Balaban J connectivity index is 1.46. The lowest BCUT2D eigenvalue weighted by Crippen LogP contribution is -2.42. The van der Waals surface area contributed by atoms with Crippen molar-refractivity contribution in [3.63, 3.8) is 0 Å². The minimum Gasteiger partial charge on any atom is -0.458 e. The standard InChI is InChI=1S/C18H21N3O3/c1-12-4-7-21-11-13(20-15(21)8-12)10-19-17(23)14-9-16(22)24-18(14)5-2-3-6-18/h4,7-8,11,14H,2-3,5-6,9-10H2,1H3,(H,19,23).